The summed E-state index contributed by atoms with van der Waals surface area (Å²) in [7, 11) is 0. The number of nitrogens with zero attached hydrogens (tertiary/aromatic N) is 1. The molecule has 1 aliphatic rings. The summed E-state index contributed by atoms with van der Waals surface area (Å²) in [5.41, 5.74) is -0.511. The van der Waals surface area contributed by atoms with Gasteiger partial charge in [0.15, 0.2) is 0 Å². The number of amides is 1. The van der Waals surface area contributed by atoms with Crippen LogP contribution in [0.2, 0.25) is 0 Å². The van der Waals surface area contributed by atoms with Crippen LogP contribution in [0.4, 0.5) is 4.79 Å². The fraction of sp³-hybridized carbons (Fsp3) is 0.733. The van der Waals surface area contributed by atoms with Crippen molar-refractivity contribution >= 4 is 11.9 Å². The van der Waals surface area contributed by atoms with Crippen molar-refractivity contribution in [2.45, 2.75) is 46.6 Å². The van der Waals surface area contributed by atoms with E-state index in [9.17, 15) is 9.59 Å². The highest BCUT2D eigenvalue weighted by atomic mass is 16.6. The van der Waals surface area contributed by atoms with Gasteiger partial charge in [-0.2, -0.15) is 0 Å². The Labute approximate surface area is 115 Å². The van der Waals surface area contributed by atoms with E-state index in [2.05, 4.69) is 11.8 Å². The standard InChI is InChI=1S/C15H23NO3/c1-6-7-13(17)12-10-16(9-8-11(12)2)14(18)19-15(3,4)5/h11-12H,8-10H2,1-5H3/t11-,12-/m0/s1. The molecule has 0 bridgehead atoms. The van der Waals surface area contributed by atoms with Crippen molar-refractivity contribution in [2.24, 2.45) is 11.8 Å². The summed E-state index contributed by atoms with van der Waals surface area (Å²) in [4.78, 5) is 25.5. The van der Waals surface area contributed by atoms with Crippen molar-refractivity contribution < 1.29 is 14.3 Å². The Kier molecular flexibility index (Phi) is 4.99. The lowest BCUT2D eigenvalue weighted by molar-refractivity contribution is -0.120. The van der Waals surface area contributed by atoms with Crippen molar-refractivity contribution in [1.82, 2.24) is 4.90 Å². The average molecular weight is 265 g/mol. The average Bonchev–Trinajstić information content (AvgIpc) is 2.27. The van der Waals surface area contributed by atoms with E-state index in [1.165, 1.54) is 0 Å². The number of piperidine rings is 1. The van der Waals surface area contributed by atoms with Gasteiger partial charge in [0.05, 0.1) is 5.92 Å². The van der Waals surface area contributed by atoms with Gasteiger partial charge < -0.3 is 9.64 Å². The summed E-state index contributed by atoms with van der Waals surface area (Å²) >= 11 is 0. The van der Waals surface area contributed by atoms with Gasteiger partial charge in [-0.15, -0.1) is 0 Å². The number of hydrogen-bond donors (Lipinski definition) is 0. The van der Waals surface area contributed by atoms with Gasteiger partial charge in [-0.25, -0.2) is 4.79 Å². The van der Waals surface area contributed by atoms with Crippen molar-refractivity contribution in [3.05, 3.63) is 0 Å². The molecule has 0 unspecified atom stereocenters. The second-order valence-electron chi connectivity index (χ2n) is 6.04. The number of Topliss-reactive ketones (excluding diaryl/α,β-unsaturated/α-hetero) is 1. The SMILES string of the molecule is CC#CC(=O)[C@H]1CN(C(=O)OC(C)(C)C)CC[C@@H]1C. The van der Waals surface area contributed by atoms with Gasteiger partial charge in [-0.1, -0.05) is 12.8 Å². The van der Waals surface area contributed by atoms with Crippen molar-refractivity contribution in [2.75, 3.05) is 13.1 Å². The molecule has 0 N–H and O–H groups in total. The van der Waals surface area contributed by atoms with Crippen molar-refractivity contribution in [3.8, 4) is 11.8 Å². The Morgan fingerprint density at radius 3 is 2.47 bits per heavy atom. The third-order valence-electron chi connectivity index (χ3n) is 3.19. The van der Waals surface area contributed by atoms with Crippen LogP contribution in [0.15, 0.2) is 0 Å². The molecule has 1 heterocycles. The van der Waals surface area contributed by atoms with Crippen LogP contribution < -0.4 is 0 Å². The molecule has 4 heteroatoms. The predicted octanol–water partition coefficient (Wildman–Crippen LogP) is 2.47. The molecule has 0 spiro atoms. The minimum absolute atomic E-state index is 0.0803. The Hall–Kier alpha value is -1.50. The van der Waals surface area contributed by atoms with Crippen molar-refractivity contribution in [1.29, 1.82) is 0 Å². The van der Waals surface area contributed by atoms with Crippen molar-refractivity contribution in [3.63, 3.8) is 0 Å². The minimum atomic E-state index is -0.511. The van der Waals surface area contributed by atoms with E-state index in [0.717, 1.165) is 6.42 Å². The monoisotopic (exact) mass is 265 g/mol. The fourth-order valence-electron chi connectivity index (χ4n) is 2.12. The highest BCUT2D eigenvalue weighted by Gasteiger charge is 2.34. The molecule has 1 fully saturated rings. The molecule has 0 aliphatic carbocycles. The molecule has 1 aliphatic heterocycles. The first-order valence-corrected chi connectivity index (χ1v) is 6.69. The quantitative estimate of drug-likeness (QED) is 0.540. The van der Waals surface area contributed by atoms with Gasteiger partial charge in [0.1, 0.15) is 5.60 Å². The molecular formula is C15H23NO3. The Bertz CT molecular complexity index is 411. The Morgan fingerprint density at radius 2 is 1.95 bits per heavy atom. The fourth-order valence-corrected chi connectivity index (χ4v) is 2.12. The van der Waals surface area contributed by atoms with E-state index in [1.807, 2.05) is 27.7 Å². The van der Waals surface area contributed by atoms with Gasteiger partial charge in [0, 0.05) is 13.1 Å². The largest absolute Gasteiger partial charge is 0.444 e. The number of rotatable bonds is 1. The van der Waals surface area contributed by atoms with E-state index >= 15 is 0 Å². The van der Waals surface area contributed by atoms with Crippen LogP contribution in [0.3, 0.4) is 0 Å². The molecule has 0 radical (unpaired) electrons. The number of ketones is 1. The second kappa shape index (κ2) is 6.10. The number of likely N-dealkylation sites (tertiary alicyclic amines) is 1. The van der Waals surface area contributed by atoms with E-state index in [4.69, 9.17) is 4.74 Å². The number of carbonyl (C=O) groups is 2. The Balaban J connectivity index is 2.71. The van der Waals surface area contributed by atoms with Crippen LogP contribution in [-0.2, 0) is 9.53 Å². The molecule has 0 aromatic carbocycles. The third kappa shape index (κ3) is 4.59. The zero-order chi connectivity index (χ0) is 14.6. The number of carbonyl (C=O) groups excluding carboxylic acids is 2. The lowest BCUT2D eigenvalue weighted by atomic mass is 9.84. The van der Waals surface area contributed by atoms with Gasteiger partial charge in [0.2, 0.25) is 5.78 Å². The summed E-state index contributed by atoms with van der Waals surface area (Å²) in [5.74, 6) is 5.19. The molecule has 1 rings (SSSR count). The highest BCUT2D eigenvalue weighted by Crippen LogP contribution is 2.25. The molecule has 1 saturated heterocycles. The molecule has 106 valence electrons. The lowest BCUT2D eigenvalue weighted by Gasteiger charge is -2.36. The minimum Gasteiger partial charge on any atom is -0.444 e. The van der Waals surface area contributed by atoms with Gasteiger partial charge in [0.25, 0.3) is 0 Å². The molecule has 0 saturated carbocycles. The van der Waals surface area contributed by atoms with Gasteiger partial charge in [-0.3, -0.25) is 4.79 Å². The van der Waals surface area contributed by atoms with Crippen LogP contribution in [0.25, 0.3) is 0 Å². The molecule has 1 amide bonds. The molecule has 4 nitrogen and oxygen atoms in total. The number of ether oxygens (including phenoxy) is 1. The molecule has 0 aromatic heterocycles. The first-order valence-electron chi connectivity index (χ1n) is 6.69. The van der Waals surface area contributed by atoms with Gasteiger partial charge >= 0.3 is 6.09 Å². The summed E-state index contributed by atoms with van der Waals surface area (Å²) in [6, 6.07) is 0. The van der Waals surface area contributed by atoms with Crippen LogP contribution >= 0.6 is 0 Å². The van der Waals surface area contributed by atoms with E-state index in [-0.39, 0.29) is 23.7 Å². The van der Waals surface area contributed by atoms with Crippen LogP contribution in [-0.4, -0.2) is 35.5 Å². The normalized spacial score (nSPS) is 23.3. The first kappa shape index (κ1) is 15.6. The van der Waals surface area contributed by atoms with E-state index in [0.29, 0.717) is 13.1 Å². The van der Waals surface area contributed by atoms with Crippen LogP contribution in [0.1, 0.15) is 41.0 Å². The van der Waals surface area contributed by atoms with Gasteiger partial charge in [-0.05, 0) is 46.0 Å². The third-order valence-corrected chi connectivity index (χ3v) is 3.19. The highest BCUT2D eigenvalue weighted by molar-refractivity contribution is 5.97. The second-order valence-corrected chi connectivity index (χ2v) is 6.04. The zero-order valence-electron chi connectivity index (χ0n) is 12.4. The van der Waals surface area contributed by atoms with E-state index < -0.39 is 5.60 Å². The number of hydrogen-bond acceptors (Lipinski definition) is 3. The summed E-state index contributed by atoms with van der Waals surface area (Å²) in [5, 5.41) is 0. The summed E-state index contributed by atoms with van der Waals surface area (Å²) < 4.78 is 5.34. The zero-order valence-corrected chi connectivity index (χ0v) is 12.4. The van der Waals surface area contributed by atoms with Crippen LogP contribution in [0, 0.1) is 23.7 Å². The van der Waals surface area contributed by atoms with E-state index in [1.54, 1.807) is 11.8 Å². The smallest absolute Gasteiger partial charge is 0.410 e. The summed E-state index contributed by atoms with van der Waals surface area (Å²) in [6.45, 7) is 10.2. The Morgan fingerprint density at radius 1 is 1.32 bits per heavy atom. The molecule has 2 atom stereocenters. The first-order chi connectivity index (χ1) is 8.74. The molecular weight excluding hydrogens is 242 g/mol. The molecule has 19 heavy (non-hydrogen) atoms. The molecule has 0 aromatic rings. The maximum atomic E-state index is 12.0. The summed E-state index contributed by atoms with van der Waals surface area (Å²) in [6.07, 6.45) is 0.461. The topological polar surface area (TPSA) is 46.6 Å². The lowest BCUT2D eigenvalue weighted by Crippen LogP contribution is -2.47. The maximum Gasteiger partial charge on any atom is 0.410 e. The maximum absolute atomic E-state index is 12.0. The predicted molar refractivity (Wildman–Crippen MR) is 73.5 cm³/mol. The van der Waals surface area contributed by atoms with Crippen LogP contribution in [0.5, 0.6) is 0 Å².